The van der Waals surface area contributed by atoms with Gasteiger partial charge in [0.15, 0.2) is 17.5 Å². The van der Waals surface area contributed by atoms with Gasteiger partial charge in [-0.25, -0.2) is 13.2 Å². The zero-order valence-electron chi connectivity index (χ0n) is 9.05. The third-order valence-corrected chi connectivity index (χ3v) is 2.73. The molecule has 0 saturated heterocycles. The lowest BCUT2D eigenvalue weighted by atomic mass is 9.96. The molecule has 0 spiro atoms. The first-order valence-electron chi connectivity index (χ1n) is 5.30. The van der Waals surface area contributed by atoms with Crippen molar-refractivity contribution in [3.8, 4) is 0 Å². The van der Waals surface area contributed by atoms with Gasteiger partial charge >= 0.3 is 0 Å². The molecule has 0 saturated carbocycles. The maximum atomic E-state index is 13.0. The van der Waals surface area contributed by atoms with Gasteiger partial charge in [0.25, 0.3) is 0 Å². The Balaban J connectivity index is 2.30. The minimum absolute atomic E-state index is 0.207. The van der Waals surface area contributed by atoms with Gasteiger partial charge in [-0.1, -0.05) is 0 Å². The number of hydrogen-bond acceptors (Lipinski definition) is 2. The van der Waals surface area contributed by atoms with Crippen molar-refractivity contribution in [1.29, 1.82) is 0 Å². The van der Waals surface area contributed by atoms with Gasteiger partial charge in [0.05, 0.1) is 18.9 Å². The second kappa shape index (κ2) is 4.79. The fourth-order valence-corrected chi connectivity index (χ4v) is 1.78. The fourth-order valence-electron chi connectivity index (χ4n) is 1.78. The Hall–Kier alpha value is -1.49. The van der Waals surface area contributed by atoms with Crippen LogP contribution in [0.4, 0.5) is 13.2 Å². The molecule has 0 fully saturated rings. The Kier molecular flexibility index (Phi) is 3.38. The van der Waals surface area contributed by atoms with Gasteiger partial charge in [-0.15, -0.1) is 0 Å². The highest BCUT2D eigenvalue weighted by Crippen LogP contribution is 2.27. The highest BCUT2D eigenvalue weighted by atomic mass is 19.2. The molecule has 0 aliphatic carbocycles. The molecule has 1 heterocycles. The molecule has 1 aliphatic heterocycles. The number of halogens is 3. The van der Waals surface area contributed by atoms with E-state index in [1.807, 2.05) is 0 Å². The van der Waals surface area contributed by atoms with Gasteiger partial charge in [0, 0.05) is 0 Å². The molecular formula is C12H12F3NO. The lowest BCUT2D eigenvalue weighted by Crippen LogP contribution is -2.17. The lowest BCUT2D eigenvalue weighted by Gasteiger charge is -2.20. The van der Waals surface area contributed by atoms with Gasteiger partial charge in [0.1, 0.15) is 0 Å². The van der Waals surface area contributed by atoms with E-state index in [9.17, 15) is 13.2 Å². The molecular weight excluding hydrogens is 231 g/mol. The van der Waals surface area contributed by atoms with Crippen LogP contribution >= 0.6 is 0 Å². The minimum Gasteiger partial charge on any atom is -0.501 e. The lowest BCUT2D eigenvalue weighted by molar-refractivity contribution is 0.221. The normalized spacial score (nSPS) is 17.3. The summed E-state index contributed by atoms with van der Waals surface area (Å²) in [6.45, 7) is 0.613. The number of nitrogens with two attached hydrogens (primary N) is 1. The fraction of sp³-hybridized carbons (Fsp3) is 0.333. The molecule has 1 aromatic carbocycles. The molecule has 1 atom stereocenters. The van der Waals surface area contributed by atoms with E-state index >= 15 is 0 Å². The molecule has 1 aromatic rings. The van der Waals surface area contributed by atoms with Crippen LogP contribution in [0.25, 0.3) is 0 Å². The average molecular weight is 243 g/mol. The number of ether oxygens (including phenoxy) is 1. The van der Waals surface area contributed by atoms with E-state index < -0.39 is 23.5 Å². The zero-order valence-corrected chi connectivity index (χ0v) is 9.05. The number of hydrogen-bond donors (Lipinski definition) is 1. The van der Waals surface area contributed by atoms with Crippen molar-refractivity contribution in [2.45, 2.75) is 18.9 Å². The van der Waals surface area contributed by atoms with Crippen LogP contribution in [-0.4, -0.2) is 6.61 Å². The number of benzene rings is 1. The van der Waals surface area contributed by atoms with E-state index in [0.29, 0.717) is 13.0 Å². The van der Waals surface area contributed by atoms with Crippen LogP contribution in [0.2, 0.25) is 0 Å². The molecule has 0 amide bonds. The summed E-state index contributed by atoms with van der Waals surface area (Å²) in [5.74, 6) is -3.93. The summed E-state index contributed by atoms with van der Waals surface area (Å²) in [4.78, 5) is 0. The second-order valence-corrected chi connectivity index (χ2v) is 3.94. The number of rotatable bonds is 2. The summed E-state index contributed by atoms with van der Waals surface area (Å²) in [7, 11) is 0. The van der Waals surface area contributed by atoms with Crippen LogP contribution in [0.3, 0.4) is 0 Å². The standard InChI is InChI=1S/C12H12F3NO/c13-9-4-8(5-10(14)11(9)15)12(16)7-2-1-3-17-6-7/h4-6,12H,1-3,16H2. The molecule has 0 bridgehead atoms. The van der Waals surface area contributed by atoms with E-state index in [2.05, 4.69) is 0 Å². The van der Waals surface area contributed by atoms with E-state index in [1.54, 1.807) is 0 Å². The largest absolute Gasteiger partial charge is 0.501 e. The Bertz CT molecular complexity index is 436. The van der Waals surface area contributed by atoms with Crippen molar-refractivity contribution in [2.24, 2.45) is 5.73 Å². The van der Waals surface area contributed by atoms with Gasteiger partial charge in [-0.2, -0.15) is 0 Å². The Morgan fingerprint density at radius 3 is 2.35 bits per heavy atom. The Labute approximate surface area is 96.9 Å². The van der Waals surface area contributed by atoms with Crippen LogP contribution < -0.4 is 5.73 Å². The quantitative estimate of drug-likeness (QED) is 0.810. The first-order chi connectivity index (χ1) is 8.09. The SMILES string of the molecule is NC(C1=COCCC1)c1cc(F)c(F)c(F)c1. The van der Waals surface area contributed by atoms with E-state index in [1.165, 1.54) is 6.26 Å². The second-order valence-electron chi connectivity index (χ2n) is 3.94. The first-order valence-corrected chi connectivity index (χ1v) is 5.30. The summed E-state index contributed by atoms with van der Waals surface area (Å²) in [5.41, 5.74) is 6.81. The molecule has 2 rings (SSSR count). The predicted molar refractivity (Wildman–Crippen MR) is 56.5 cm³/mol. The third kappa shape index (κ3) is 2.44. The van der Waals surface area contributed by atoms with Crippen molar-refractivity contribution in [1.82, 2.24) is 0 Å². The highest BCUT2D eigenvalue weighted by molar-refractivity contribution is 5.29. The molecule has 1 aliphatic rings. The van der Waals surface area contributed by atoms with Crippen molar-refractivity contribution in [2.75, 3.05) is 6.61 Å². The summed E-state index contributed by atoms with van der Waals surface area (Å²) >= 11 is 0. The molecule has 0 aromatic heterocycles. The van der Waals surface area contributed by atoms with E-state index in [0.717, 1.165) is 24.1 Å². The van der Waals surface area contributed by atoms with Crippen molar-refractivity contribution in [3.63, 3.8) is 0 Å². The molecule has 0 radical (unpaired) electrons. The summed E-state index contributed by atoms with van der Waals surface area (Å²) < 4.78 is 44.0. The molecule has 1 unspecified atom stereocenters. The van der Waals surface area contributed by atoms with E-state index in [-0.39, 0.29) is 5.56 Å². The van der Waals surface area contributed by atoms with Crippen LogP contribution in [0.5, 0.6) is 0 Å². The van der Waals surface area contributed by atoms with Gasteiger partial charge < -0.3 is 10.5 Å². The summed E-state index contributed by atoms with van der Waals surface area (Å²) in [6.07, 6.45) is 3.03. The Morgan fingerprint density at radius 1 is 1.18 bits per heavy atom. The van der Waals surface area contributed by atoms with E-state index in [4.69, 9.17) is 10.5 Å². The smallest absolute Gasteiger partial charge is 0.194 e. The predicted octanol–water partition coefficient (Wildman–Crippen LogP) is 2.80. The van der Waals surface area contributed by atoms with Crippen molar-refractivity contribution in [3.05, 3.63) is 47.0 Å². The maximum Gasteiger partial charge on any atom is 0.194 e. The molecule has 17 heavy (non-hydrogen) atoms. The minimum atomic E-state index is -1.48. The monoisotopic (exact) mass is 243 g/mol. The molecule has 92 valence electrons. The van der Waals surface area contributed by atoms with Crippen molar-refractivity contribution >= 4 is 0 Å². The molecule has 5 heteroatoms. The van der Waals surface area contributed by atoms with Crippen LogP contribution in [-0.2, 0) is 4.74 Å². The summed E-state index contributed by atoms with van der Waals surface area (Å²) in [5, 5.41) is 0. The summed E-state index contributed by atoms with van der Waals surface area (Å²) in [6, 6.07) is 1.16. The zero-order chi connectivity index (χ0) is 12.4. The van der Waals surface area contributed by atoms with Crippen LogP contribution in [0.15, 0.2) is 24.0 Å². The topological polar surface area (TPSA) is 35.2 Å². The third-order valence-electron chi connectivity index (χ3n) is 2.73. The van der Waals surface area contributed by atoms with Crippen LogP contribution in [0.1, 0.15) is 24.4 Å². The molecule has 2 nitrogen and oxygen atoms in total. The average Bonchev–Trinajstić information content (AvgIpc) is 2.35. The Morgan fingerprint density at radius 2 is 1.82 bits per heavy atom. The van der Waals surface area contributed by atoms with Crippen LogP contribution in [0, 0.1) is 17.5 Å². The highest BCUT2D eigenvalue weighted by Gasteiger charge is 2.19. The first kappa shape index (κ1) is 12.0. The molecule has 2 N–H and O–H groups in total. The maximum absolute atomic E-state index is 13.0. The van der Waals surface area contributed by atoms with Gasteiger partial charge in [-0.05, 0) is 36.1 Å². The van der Waals surface area contributed by atoms with Gasteiger partial charge in [0.2, 0.25) is 0 Å². The van der Waals surface area contributed by atoms with Gasteiger partial charge in [-0.3, -0.25) is 0 Å². The van der Waals surface area contributed by atoms with Crippen molar-refractivity contribution < 1.29 is 17.9 Å².